The molecule has 4 heterocycles. The first kappa shape index (κ1) is 32.3. The summed E-state index contributed by atoms with van der Waals surface area (Å²) in [6.07, 6.45) is 0. The Hall–Kier alpha value is -6.99. The van der Waals surface area contributed by atoms with Gasteiger partial charge < -0.3 is 4.57 Å². The van der Waals surface area contributed by atoms with Crippen LogP contribution in [0.5, 0.6) is 0 Å². The van der Waals surface area contributed by atoms with Crippen LogP contribution >= 0.6 is 22.7 Å². The van der Waals surface area contributed by atoms with Crippen LogP contribution in [0.4, 0.5) is 0 Å². The van der Waals surface area contributed by atoms with E-state index in [9.17, 15) is 0 Å². The van der Waals surface area contributed by atoms with Gasteiger partial charge in [-0.2, -0.15) is 0 Å². The molecule has 12 rings (SSSR count). The summed E-state index contributed by atoms with van der Waals surface area (Å²) in [6.45, 7) is 0. The van der Waals surface area contributed by atoms with Crippen molar-refractivity contribution < 1.29 is 0 Å². The van der Waals surface area contributed by atoms with E-state index in [0.29, 0.717) is 17.5 Å². The Balaban J connectivity index is 1.21. The largest absolute Gasteiger partial charge is 0.309 e. The molecule has 0 amide bonds. The number of hydrogen-bond acceptors (Lipinski definition) is 5. The first-order valence-electron chi connectivity index (χ1n) is 19.0. The molecule has 0 aliphatic carbocycles. The van der Waals surface area contributed by atoms with Crippen LogP contribution in [0.1, 0.15) is 0 Å². The maximum Gasteiger partial charge on any atom is 0.165 e. The monoisotopic (exact) mass is 762 g/mol. The van der Waals surface area contributed by atoms with Crippen molar-refractivity contribution >= 4 is 84.8 Å². The van der Waals surface area contributed by atoms with E-state index in [1.165, 1.54) is 57.5 Å². The molecular weight excluding hydrogens is 733 g/mol. The van der Waals surface area contributed by atoms with Gasteiger partial charge in [0.05, 0.1) is 11.0 Å². The molecule has 57 heavy (non-hydrogen) atoms. The van der Waals surface area contributed by atoms with Gasteiger partial charge in [0, 0.05) is 73.5 Å². The Morgan fingerprint density at radius 1 is 0.351 bits per heavy atom. The molecule has 0 radical (unpaired) electrons. The first-order chi connectivity index (χ1) is 28.2. The second-order valence-corrected chi connectivity index (χ2v) is 16.5. The lowest BCUT2D eigenvalue weighted by atomic mass is 10.0. The summed E-state index contributed by atoms with van der Waals surface area (Å²) >= 11 is 3.68. The Labute approximate surface area is 335 Å². The minimum atomic E-state index is 0.649. The lowest BCUT2D eigenvalue weighted by Crippen LogP contribution is -2.01. The number of nitrogens with zero attached hydrogens (tertiary/aromatic N) is 4. The van der Waals surface area contributed by atoms with Gasteiger partial charge in [-0.15, -0.1) is 22.7 Å². The van der Waals surface area contributed by atoms with Crippen molar-refractivity contribution in [2.45, 2.75) is 0 Å². The van der Waals surface area contributed by atoms with Crippen molar-refractivity contribution in [1.82, 2.24) is 19.5 Å². The van der Waals surface area contributed by atoms with Gasteiger partial charge in [0.15, 0.2) is 17.5 Å². The van der Waals surface area contributed by atoms with Crippen LogP contribution < -0.4 is 0 Å². The van der Waals surface area contributed by atoms with Crippen molar-refractivity contribution in [3.8, 4) is 51.0 Å². The third-order valence-corrected chi connectivity index (χ3v) is 13.4. The number of aromatic nitrogens is 4. The molecule has 8 aromatic carbocycles. The average Bonchev–Trinajstić information content (AvgIpc) is 3.96. The molecule has 0 spiro atoms. The van der Waals surface area contributed by atoms with E-state index < -0.39 is 0 Å². The topological polar surface area (TPSA) is 43.6 Å². The smallest absolute Gasteiger partial charge is 0.165 e. The van der Waals surface area contributed by atoms with Crippen LogP contribution in [0.25, 0.3) is 113 Å². The molecule has 0 N–H and O–H groups in total. The van der Waals surface area contributed by atoms with E-state index in [4.69, 9.17) is 15.0 Å². The fraction of sp³-hybridized carbons (Fsp3) is 0. The normalized spacial score (nSPS) is 11.9. The van der Waals surface area contributed by atoms with Gasteiger partial charge in [-0.1, -0.05) is 133 Å². The van der Waals surface area contributed by atoms with Crippen molar-refractivity contribution in [1.29, 1.82) is 0 Å². The molecular formula is C51H30N4S2. The number of thiophene rings is 2. The molecule has 266 valence electrons. The molecule has 0 atom stereocenters. The highest BCUT2D eigenvalue weighted by molar-refractivity contribution is 7.28. The number of benzene rings is 8. The van der Waals surface area contributed by atoms with Crippen LogP contribution in [0.3, 0.4) is 0 Å². The highest BCUT2D eigenvalue weighted by Gasteiger charge is 2.22. The Morgan fingerprint density at radius 3 is 1.63 bits per heavy atom. The van der Waals surface area contributed by atoms with E-state index >= 15 is 0 Å². The van der Waals surface area contributed by atoms with Gasteiger partial charge in [-0.3, -0.25) is 0 Å². The maximum absolute atomic E-state index is 5.29. The van der Waals surface area contributed by atoms with Crippen molar-refractivity contribution in [2.75, 3.05) is 0 Å². The minimum Gasteiger partial charge on any atom is -0.309 e. The zero-order valence-corrected chi connectivity index (χ0v) is 32.1. The molecule has 0 aliphatic rings. The summed E-state index contributed by atoms with van der Waals surface area (Å²) in [5.41, 5.74) is 8.65. The summed E-state index contributed by atoms with van der Waals surface area (Å²) in [6, 6.07) is 64.8. The van der Waals surface area contributed by atoms with E-state index in [1.54, 1.807) is 0 Å². The third-order valence-electron chi connectivity index (χ3n) is 11.0. The van der Waals surface area contributed by atoms with Crippen LogP contribution in [-0.4, -0.2) is 19.5 Å². The fourth-order valence-corrected chi connectivity index (χ4v) is 10.8. The summed E-state index contributed by atoms with van der Waals surface area (Å²) in [7, 11) is 0. The quantitative estimate of drug-likeness (QED) is 0.175. The van der Waals surface area contributed by atoms with E-state index in [-0.39, 0.29) is 0 Å². The Kier molecular flexibility index (Phi) is 7.24. The van der Waals surface area contributed by atoms with Gasteiger partial charge in [0.25, 0.3) is 0 Å². The predicted molar refractivity (Wildman–Crippen MR) is 242 cm³/mol. The average molecular weight is 763 g/mol. The molecule has 0 bridgehead atoms. The van der Waals surface area contributed by atoms with Gasteiger partial charge in [0.1, 0.15) is 0 Å². The van der Waals surface area contributed by atoms with Crippen LogP contribution in [0.2, 0.25) is 0 Å². The second kappa shape index (κ2) is 12.8. The molecule has 6 heteroatoms. The van der Waals surface area contributed by atoms with Gasteiger partial charge in [0.2, 0.25) is 0 Å². The number of rotatable bonds is 5. The predicted octanol–water partition coefficient (Wildman–Crippen LogP) is 14.4. The zero-order valence-electron chi connectivity index (χ0n) is 30.4. The highest BCUT2D eigenvalue weighted by Crippen LogP contribution is 2.48. The highest BCUT2D eigenvalue weighted by atomic mass is 32.1. The first-order valence-corrected chi connectivity index (χ1v) is 20.7. The van der Waals surface area contributed by atoms with E-state index in [2.05, 4.69) is 150 Å². The Bertz CT molecular complexity index is 3450. The summed E-state index contributed by atoms with van der Waals surface area (Å²) in [5.74, 6) is 1.95. The lowest BCUT2D eigenvalue weighted by molar-refractivity contribution is 1.07. The molecule has 4 nitrogen and oxygen atoms in total. The summed E-state index contributed by atoms with van der Waals surface area (Å²) < 4.78 is 7.42. The molecule has 4 aromatic heterocycles. The molecule has 0 saturated carbocycles. The lowest BCUT2D eigenvalue weighted by Gasteiger charge is -2.13. The standard InChI is InChI=1S/C51H30N4S2/c1-4-14-31(15-5-1)34-24-25-42-38(28-34)36-20-10-12-22-41(36)55(42)35-29-39-47-45(27-26-44-46(47)37-21-11-13-23-43(37)56-44)57-48(39)40(30-35)51-53-49(32-16-6-2-7-17-32)52-50(54-51)33-18-8-3-9-19-33/h1-30H. The SMILES string of the molecule is c1ccc(-c2ccc3c(c2)c2ccccc2n3-c2cc(-c3nc(-c4ccccc4)nc(-c4ccccc4)n3)c3sc4ccc5sc6ccccc6c5c4c3c2)cc1. The molecule has 12 aromatic rings. The van der Waals surface area contributed by atoms with E-state index in [0.717, 1.165) is 38.1 Å². The van der Waals surface area contributed by atoms with Gasteiger partial charge >= 0.3 is 0 Å². The van der Waals surface area contributed by atoms with Gasteiger partial charge in [-0.05, 0) is 59.7 Å². The van der Waals surface area contributed by atoms with Gasteiger partial charge in [-0.25, -0.2) is 15.0 Å². The Morgan fingerprint density at radius 2 is 0.912 bits per heavy atom. The van der Waals surface area contributed by atoms with Crippen LogP contribution in [0.15, 0.2) is 182 Å². The van der Waals surface area contributed by atoms with E-state index in [1.807, 2.05) is 59.1 Å². The minimum absolute atomic E-state index is 0.649. The molecule has 0 aliphatic heterocycles. The molecule has 0 unspecified atom stereocenters. The third kappa shape index (κ3) is 5.15. The van der Waals surface area contributed by atoms with Crippen molar-refractivity contribution in [3.05, 3.63) is 182 Å². The fourth-order valence-electron chi connectivity index (χ4n) is 8.45. The summed E-state index contributed by atoms with van der Waals surface area (Å²) in [5, 5.41) is 7.51. The number of hydrogen-bond donors (Lipinski definition) is 0. The van der Waals surface area contributed by atoms with Crippen molar-refractivity contribution in [3.63, 3.8) is 0 Å². The second-order valence-electron chi connectivity index (χ2n) is 14.4. The zero-order chi connectivity index (χ0) is 37.5. The van der Waals surface area contributed by atoms with Crippen LogP contribution in [-0.2, 0) is 0 Å². The molecule has 0 fully saturated rings. The van der Waals surface area contributed by atoms with Crippen molar-refractivity contribution in [2.24, 2.45) is 0 Å². The maximum atomic E-state index is 5.29. The number of para-hydroxylation sites is 1. The summed E-state index contributed by atoms with van der Waals surface area (Å²) in [4.78, 5) is 15.6. The number of fused-ring (bicyclic) bond motifs is 10. The van der Waals surface area contributed by atoms with Crippen LogP contribution in [0, 0.1) is 0 Å². The molecule has 0 saturated heterocycles.